The lowest BCUT2D eigenvalue weighted by atomic mass is 9.72. The largest absolute Gasteiger partial charge is 0.399 e. The van der Waals surface area contributed by atoms with Crippen molar-refractivity contribution in [2.75, 3.05) is 41.7 Å². The zero-order chi connectivity index (χ0) is 24.0. The minimum atomic E-state index is -0.458. The molecule has 9 nitrogen and oxygen atoms in total. The molecule has 9 heteroatoms. The molecule has 176 valence electrons. The van der Waals surface area contributed by atoms with Crippen LogP contribution in [0.5, 0.6) is 0 Å². The van der Waals surface area contributed by atoms with Gasteiger partial charge in [0.25, 0.3) is 11.8 Å². The summed E-state index contributed by atoms with van der Waals surface area (Å²) in [4.78, 5) is 54.1. The van der Waals surface area contributed by atoms with E-state index < -0.39 is 11.9 Å². The Morgan fingerprint density at radius 1 is 1.06 bits per heavy atom. The number of nitrogens with two attached hydrogens (primary N) is 1. The van der Waals surface area contributed by atoms with Gasteiger partial charge in [-0.1, -0.05) is 6.07 Å². The number of carbonyl (C=O) groups excluding carboxylic acids is 4. The van der Waals surface area contributed by atoms with E-state index >= 15 is 0 Å². The maximum absolute atomic E-state index is 13.3. The quantitative estimate of drug-likeness (QED) is 0.366. The van der Waals surface area contributed by atoms with Gasteiger partial charge < -0.3 is 15.5 Å². The Labute approximate surface area is 197 Å². The normalized spacial score (nSPS) is 18.9. The van der Waals surface area contributed by atoms with Crippen LogP contribution >= 0.6 is 0 Å². The first-order chi connectivity index (χ1) is 16.3. The summed E-state index contributed by atoms with van der Waals surface area (Å²) >= 11 is 0. The molecule has 2 aromatic rings. The van der Waals surface area contributed by atoms with Gasteiger partial charge in [-0.25, -0.2) is 0 Å². The molecule has 2 saturated heterocycles. The van der Waals surface area contributed by atoms with Crippen LogP contribution in [0.25, 0.3) is 0 Å². The Morgan fingerprint density at radius 2 is 1.74 bits per heavy atom. The van der Waals surface area contributed by atoms with E-state index in [1.54, 1.807) is 13.0 Å². The van der Waals surface area contributed by atoms with Gasteiger partial charge in [0, 0.05) is 55.4 Å². The molecule has 0 bridgehead atoms. The number of rotatable bonds is 7. The molecular weight excluding hydrogens is 434 g/mol. The minimum Gasteiger partial charge on any atom is -0.399 e. The van der Waals surface area contributed by atoms with Crippen LogP contribution in [-0.2, 0) is 9.59 Å². The molecule has 1 spiro atoms. The smallest absolute Gasteiger partial charge is 0.263 e. The van der Waals surface area contributed by atoms with Gasteiger partial charge in [-0.2, -0.15) is 0 Å². The number of hydrogen-bond acceptors (Lipinski definition) is 7. The average molecular weight is 462 g/mol. The number of imide groups is 2. The molecule has 1 unspecified atom stereocenters. The van der Waals surface area contributed by atoms with Crippen LogP contribution in [0.1, 0.15) is 40.5 Å². The molecule has 2 aromatic carbocycles. The molecule has 0 saturated carbocycles. The SMILES string of the molecule is CC(CCC(=O)NC=O)N1C(=O)c2cccc(N3CC4(CN(c5ccc(N)cc5)C4)C3)c2C1=O. The zero-order valence-electron chi connectivity index (χ0n) is 19.0. The first-order valence-electron chi connectivity index (χ1n) is 11.4. The third-order valence-corrected chi connectivity index (χ3v) is 7.08. The number of fused-ring (bicyclic) bond motifs is 1. The number of nitrogens with zero attached hydrogens (tertiary/aromatic N) is 3. The van der Waals surface area contributed by atoms with E-state index in [-0.39, 0.29) is 30.1 Å². The second kappa shape index (κ2) is 8.16. The third kappa shape index (κ3) is 3.57. The van der Waals surface area contributed by atoms with Crippen molar-refractivity contribution < 1.29 is 19.2 Å². The maximum atomic E-state index is 13.3. The van der Waals surface area contributed by atoms with Crippen LogP contribution in [0.2, 0.25) is 0 Å². The monoisotopic (exact) mass is 461 g/mol. The Hall–Kier alpha value is -3.88. The topological polar surface area (TPSA) is 116 Å². The molecule has 34 heavy (non-hydrogen) atoms. The Morgan fingerprint density at radius 3 is 2.41 bits per heavy atom. The summed E-state index contributed by atoms with van der Waals surface area (Å²) in [6, 6.07) is 12.8. The average Bonchev–Trinajstić information content (AvgIpc) is 3.02. The molecular formula is C25H27N5O4. The van der Waals surface area contributed by atoms with Gasteiger partial charge in [-0.3, -0.25) is 29.4 Å². The van der Waals surface area contributed by atoms with Crippen molar-refractivity contribution in [3.05, 3.63) is 53.6 Å². The predicted octanol–water partition coefficient (Wildman–Crippen LogP) is 1.63. The Kier molecular flexibility index (Phi) is 5.27. The number of hydrogen-bond donors (Lipinski definition) is 2. The third-order valence-electron chi connectivity index (χ3n) is 7.08. The summed E-state index contributed by atoms with van der Waals surface area (Å²) in [6.45, 7) is 5.30. The van der Waals surface area contributed by atoms with Crippen LogP contribution < -0.4 is 20.9 Å². The van der Waals surface area contributed by atoms with Crippen molar-refractivity contribution in [2.45, 2.75) is 25.8 Å². The van der Waals surface area contributed by atoms with Crippen molar-refractivity contribution in [3.8, 4) is 0 Å². The van der Waals surface area contributed by atoms with E-state index in [4.69, 9.17) is 5.73 Å². The van der Waals surface area contributed by atoms with Gasteiger partial charge in [0.05, 0.1) is 16.8 Å². The van der Waals surface area contributed by atoms with Crippen molar-refractivity contribution >= 4 is 41.2 Å². The van der Waals surface area contributed by atoms with E-state index in [2.05, 4.69) is 15.1 Å². The summed E-state index contributed by atoms with van der Waals surface area (Å²) in [5.41, 5.74) is 9.53. The van der Waals surface area contributed by atoms with Crippen LogP contribution in [0.4, 0.5) is 17.1 Å². The molecule has 3 N–H and O–H groups in total. The lowest BCUT2D eigenvalue weighted by Gasteiger charge is -2.61. The van der Waals surface area contributed by atoms with Gasteiger partial charge in [0.1, 0.15) is 0 Å². The van der Waals surface area contributed by atoms with Gasteiger partial charge in [0.2, 0.25) is 12.3 Å². The highest BCUT2D eigenvalue weighted by Gasteiger charge is 2.53. The number of amides is 4. The number of anilines is 3. The number of benzene rings is 2. The molecule has 0 aromatic heterocycles. The number of carbonyl (C=O) groups is 4. The highest BCUT2D eigenvalue weighted by atomic mass is 16.2. The van der Waals surface area contributed by atoms with Crippen molar-refractivity contribution in [2.24, 2.45) is 5.41 Å². The van der Waals surface area contributed by atoms with Gasteiger partial charge in [0.15, 0.2) is 0 Å². The molecule has 1 atom stereocenters. The summed E-state index contributed by atoms with van der Waals surface area (Å²) < 4.78 is 0. The molecule has 5 rings (SSSR count). The van der Waals surface area contributed by atoms with E-state index in [0.717, 1.165) is 43.2 Å². The summed E-state index contributed by atoms with van der Waals surface area (Å²) in [5, 5.41) is 2.08. The van der Waals surface area contributed by atoms with Crippen molar-refractivity contribution in [3.63, 3.8) is 0 Å². The van der Waals surface area contributed by atoms with Crippen molar-refractivity contribution in [1.29, 1.82) is 0 Å². The fourth-order valence-electron chi connectivity index (χ4n) is 5.32. The lowest BCUT2D eigenvalue weighted by Crippen LogP contribution is -2.72. The highest BCUT2D eigenvalue weighted by Crippen LogP contribution is 2.46. The number of nitrogen functional groups attached to an aromatic ring is 1. The zero-order valence-corrected chi connectivity index (χ0v) is 19.0. The van der Waals surface area contributed by atoms with Crippen LogP contribution in [0.15, 0.2) is 42.5 Å². The number of nitrogens with one attached hydrogen (secondary N) is 1. The minimum absolute atomic E-state index is 0.0549. The first kappa shape index (κ1) is 21.9. The molecule has 0 aliphatic carbocycles. The Bertz CT molecular complexity index is 1160. The first-order valence-corrected chi connectivity index (χ1v) is 11.4. The standard InChI is InChI=1S/C25H27N5O4/c1-16(5-10-21(32)27-15-31)30-23(33)19-3-2-4-20(22(19)24(30)34)29-13-25(14-29)11-28(12-25)18-8-6-17(26)7-9-18/h2-4,6-9,15-16H,5,10-14,26H2,1H3,(H,27,31,32). The lowest BCUT2D eigenvalue weighted by molar-refractivity contribution is -0.125. The highest BCUT2D eigenvalue weighted by molar-refractivity contribution is 6.24. The van der Waals surface area contributed by atoms with Crippen LogP contribution in [0.3, 0.4) is 0 Å². The van der Waals surface area contributed by atoms with Crippen LogP contribution in [-0.4, -0.2) is 61.3 Å². The van der Waals surface area contributed by atoms with E-state index in [1.165, 1.54) is 4.90 Å². The van der Waals surface area contributed by atoms with Gasteiger partial charge >= 0.3 is 0 Å². The maximum Gasteiger partial charge on any atom is 0.263 e. The molecule has 0 radical (unpaired) electrons. The second-order valence-corrected chi connectivity index (χ2v) is 9.56. The molecule has 3 aliphatic heterocycles. The van der Waals surface area contributed by atoms with Crippen LogP contribution in [0, 0.1) is 5.41 Å². The predicted molar refractivity (Wildman–Crippen MR) is 128 cm³/mol. The molecule has 4 amide bonds. The Balaban J connectivity index is 1.25. The fraction of sp³-hybridized carbons (Fsp3) is 0.360. The van der Waals surface area contributed by atoms with Crippen molar-refractivity contribution in [1.82, 2.24) is 10.2 Å². The van der Waals surface area contributed by atoms with E-state index in [0.29, 0.717) is 17.5 Å². The van der Waals surface area contributed by atoms with Gasteiger partial charge in [-0.15, -0.1) is 0 Å². The van der Waals surface area contributed by atoms with Gasteiger partial charge in [-0.05, 0) is 49.7 Å². The summed E-state index contributed by atoms with van der Waals surface area (Å²) in [7, 11) is 0. The van der Waals surface area contributed by atoms with E-state index in [9.17, 15) is 19.2 Å². The fourth-order valence-corrected chi connectivity index (χ4v) is 5.32. The van der Waals surface area contributed by atoms with E-state index in [1.807, 2.05) is 36.4 Å². The second-order valence-electron chi connectivity index (χ2n) is 9.56. The molecule has 3 aliphatic rings. The molecule has 3 heterocycles. The molecule has 2 fully saturated rings. The summed E-state index contributed by atoms with van der Waals surface area (Å²) in [6.07, 6.45) is 0.672. The summed E-state index contributed by atoms with van der Waals surface area (Å²) in [5.74, 6) is -1.09.